The second kappa shape index (κ2) is 10.7. The molecule has 4 heteroatoms. The van der Waals surface area contributed by atoms with E-state index in [9.17, 15) is 0 Å². The number of methoxy groups -OCH3 is 1. The lowest BCUT2D eigenvalue weighted by Gasteiger charge is -2.26. The Kier molecular flexibility index (Phi) is 10.6. The van der Waals surface area contributed by atoms with E-state index in [1.165, 1.54) is 0 Å². The maximum Gasteiger partial charge on any atom is 0.0700 e. The number of hydrogen-bond donors (Lipinski definition) is 1. The molecule has 18 heavy (non-hydrogen) atoms. The topological polar surface area (TPSA) is 39.7 Å². The molecule has 0 saturated heterocycles. The van der Waals surface area contributed by atoms with Crippen LogP contribution >= 0.6 is 0 Å². The summed E-state index contributed by atoms with van der Waals surface area (Å²) in [7, 11) is 1.70. The van der Waals surface area contributed by atoms with E-state index < -0.39 is 0 Å². The molecular weight excluding hydrogens is 230 g/mol. The summed E-state index contributed by atoms with van der Waals surface area (Å²) in [6, 6.07) is 0.522. The lowest BCUT2D eigenvalue weighted by molar-refractivity contribution is 0.0108. The van der Waals surface area contributed by atoms with Gasteiger partial charge in [-0.25, -0.2) is 0 Å². The normalized spacial score (nSPS) is 12.3. The van der Waals surface area contributed by atoms with Gasteiger partial charge in [0.15, 0.2) is 0 Å². The van der Waals surface area contributed by atoms with E-state index in [1.54, 1.807) is 7.11 Å². The standard InChI is InChI=1S/C14H31NO3/c1-13(2)15-11-14(3,4)12-18-10-9-17-8-6-7-16-5/h13,15H,6-12H2,1-5H3. The maximum atomic E-state index is 5.64. The van der Waals surface area contributed by atoms with Crippen molar-refractivity contribution in [1.29, 1.82) is 0 Å². The Hall–Kier alpha value is -0.160. The van der Waals surface area contributed by atoms with Crippen molar-refractivity contribution in [3.63, 3.8) is 0 Å². The van der Waals surface area contributed by atoms with Crippen LogP contribution in [0, 0.1) is 5.41 Å². The molecule has 0 rings (SSSR count). The quantitative estimate of drug-likeness (QED) is 0.546. The molecule has 0 saturated carbocycles. The summed E-state index contributed by atoms with van der Waals surface area (Å²) >= 11 is 0. The van der Waals surface area contributed by atoms with Gasteiger partial charge in [-0.3, -0.25) is 0 Å². The monoisotopic (exact) mass is 261 g/mol. The van der Waals surface area contributed by atoms with Gasteiger partial charge in [-0.1, -0.05) is 27.7 Å². The van der Waals surface area contributed by atoms with Gasteiger partial charge in [-0.05, 0) is 6.42 Å². The summed E-state index contributed by atoms with van der Waals surface area (Å²) in [5, 5.41) is 3.44. The van der Waals surface area contributed by atoms with Crippen molar-refractivity contribution in [1.82, 2.24) is 5.32 Å². The summed E-state index contributed by atoms with van der Waals surface area (Å²) in [6.45, 7) is 13.3. The Morgan fingerprint density at radius 2 is 1.67 bits per heavy atom. The fourth-order valence-electron chi connectivity index (χ4n) is 1.41. The Morgan fingerprint density at radius 1 is 1.00 bits per heavy atom. The van der Waals surface area contributed by atoms with Gasteiger partial charge in [-0.2, -0.15) is 0 Å². The molecule has 0 aliphatic heterocycles. The average Bonchev–Trinajstić information content (AvgIpc) is 2.30. The predicted octanol–water partition coefficient (Wildman–Crippen LogP) is 2.08. The van der Waals surface area contributed by atoms with Crippen molar-refractivity contribution in [2.45, 2.75) is 40.2 Å². The third-order valence-corrected chi connectivity index (χ3v) is 2.49. The van der Waals surface area contributed by atoms with Gasteiger partial charge in [0.1, 0.15) is 0 Å². The van der Waals surface area contributed by atoms with Gasteiger partial charge >= 0.3 is 0 Å². The highest BCUT2D eigenvalue weighted by Crippen LogP contribution is 2.14. The van der Waals surface area contributed by atoms with Crippen molar-refractivity contribution in [3.8, 4) is 0 Å². The minimum atomic E-state index is 0.167. The number of hydrogen-bond acceptors (Lipinski definition) is 4. The molecule has 0 spiro atoms. The van der Waals surface area contributed by atoms with Crippen LogP contribution in [0.2, 0.25) is 0 Å². The molecule has 0 aromatic rings. The molecule has 0 unspecified atom stereocenters. The van der Waals surface area contributed by atoms with Crippen molar-refractivity contribution in [2.24, 2.45) is 5.41 Å². The van der Waals surface area contributed by atoms with Gasteiger partial charge < -0.3 is 19.5 Å². The Labute approximate surface area is 112 Å². The second-order valence-electron chi connectivity index (χ2n) is 5.71. The van der Waals surface area contributed by atoms with Crippen LogP contribution in [0.25, 0.3) is 0 Å². The fourth-order valence-corrected chi connectivity index (χ4v) is 1.41. The first-order chi connectivity index (χ1) is 8.48. The first-order valence-electron chi connectivity index (χ1n) is 6.86. The van der Waals surface area contributed by atoms with E-state index in [2.05, 4.69) is 33.0 Å². The molecule has 0 heterocycles. The van der Waals surface area contributed by atoms with Crippen LogP contribution < -0.4 is 5.32 Å². The lowest BCUT2D eigenvalue weighted by Crippen LogP contribution is -2.37. The van der Waals surface area contributed by atoms with Crippen molar-refractivity contribution < 1.29 is 14.2 Å². The predicted molar refractivity (Wildman–Crippen MR) is 75.1 cm³/mol. The molecule has 0 amide bonds. The average molecular weight is 261 g/mol. The minimum absolute atomic E-state index is 0.167. The van der Waals surface area contributed by atoms with E-state index in [0.717, 1.165) is 32.8 Å². The Bertz CT molecular complexity index is 184. The number of ether oxygens (including phenoxy) is 3. The summed E-state index contributed by atoms with van der Waals surface area (Å²) in [6.07, 6.45) is 0.945. The molecule has 0 fully saturated rings. The van der Waals surface area contributed by atoms with Crippen molar-refractivity contribution in [2.75, 3.05) is 46.7 Å². The zero-order valence-corrected chi connectivity index (χ0v) is 12.8. The Morgan fingerprint density at radius 3 is 2.28 bits per heavy atom. The van der Waals surface area contributed by atoms with Crippen LogP contribution in [0.5, 0.6) is 0 Å². The summed E-state index contributed by atoms with van der Waals surface area (Å²) in [4.78, 5) is 0. The molecular formula is C14H31NO3. The highest BCUT2D eigenvalue weighted by atomic mass is 16.5. The summed E-state index contributed by atoms with van der Waals surface area (Å²) in [5.41, 5.74) is 0.167. The van der Waals surface area contributed by atoms with Crippen LogP contribution in [0.15, 0.2) is 0 Å². The summed E-state index contributed by atoms with van der Waals surface area (Å²) in [5.74, 6) is 0. The van der Waals surface area contributed by atoms with Crippen LogP contribution in [0.4, 0.5) is 0 Å². The van der Waals surface area contributed by atoms with E-state index >= 15 is 0 Å². The zero-order valence-electron chi connectivity index (χ0n) is 12.8. The lowest BCUT2D eigenvalue weighted by atomic mass is 9.94. The largest absolute Gasteiger partial charge is 0.385 e. The molecule has 0 atom stereocenters. The van der Waals surface area contributed by atoms with Gasteiger partial charge in [0.2, 0.25) is 0 Å². The molecule has 4 nitrogen and oxygen atoms in total. The van der Waals surface area contributed by atoms with Crippen LogP contribution in [-0.2, 0) is 14.2 Å². The van der Waals surface area contributed by atoms with Crippen LogP contribution in [-0.4, -0.2) is 52.7 Å². The fraction of sp³-hybridized carbons (Fsp3) is 1.00. The highest BCUT2D eigenvalue weighted by molar-refractivity contribution is 4.72. The number of rotatable bonds is 12. The molecule has 110 valence electrons. The number of nitrogens with one attached hydrogen (secondary N) is 1. The van der Waals surface area contributed by atoms with Gasteiger partial charge in [0.05, 0.1) is 19.8 Å². The highest BCUT2D eigenvalue weighted by Gasteiger charge is 2.17. The molecule has 0 aliphatic rings. The maximum absolute atomic E-state index is 5.64. The summed E-state index contributed by atoms with van der Waals surface area (Å²) < 4.78 is 16.0. The molecule has 0 aromatic heterocycles. The SMILES string of the molecule is COCCCOCCOCC(C)(C)CNC(C)C. The first-order valence-corrected chi connectivity index (χ1v) is 6.86. The van der Waals surface area contributed by atoms with E-state index in [0.29, 0.717) is 19.3 Å². The van der Waals surface area contributed by atoms with Crippen LogP contribution in [0.1, 0.15) is 34.1 Å². The van der Waals surface area contributed by atoms with E-state index in [-0.39, 0.29) is 5.41 Å². The zero-order chi connectivity index (χ0) is 13.9. The van der Waals surface area contributed by atoms with Gasteiger partial charge in [0.25, 0.3) is 0 Å². The third kappa shape index (κ3) is 12.3. The molecule has 0 aromatic carbocycles. The Balaban J connectivity index is 3.35. The van der Waals surface area contributed by atoms with Gasteiger partial charge in [0, 0.05) is 38.3 Å². The van der Waals surface area contributed by atoms with Gasteiger partial charge in [-0.15, -0.1) is 0 Å². The smallest absolute Gasteiger partial charge is 0.0700 e. The molecule has 1 N–H and O–H groups in total. The molecule has 0 bridgehead atoms. The van der Waals surface area contributed by atoms with Crippen LogP contribution in [0.3, 0.4) is 0 Å². The van der Waals surface area contributed by atoms with Crippen molar-refractivity contribution >= 4 is 0 Å². The van der Waals surface area contributed by atoms with E-state index in [1.807, 2.05) is 0 Å². The minimum Gasteiger partial charge on any atom is -0.385 e. The molecule has 0 radical (unpaired) electrons. The molecule has 0 aliphatic carbocycles. The van der Waals surface area contributed by atoms with Crippen molar-refractivity contribution in [3.05, 3.63) is 0 Å². The second-order valence-corrected chi connectivity index (χ2v) is 5.71. The third-order valence-electron chi connectivity index (χ3n) is 2.49. The first kappa shape index (κ1) is 17.8. The van der Waals surface area contributed by atoms with E-state index in [4.69, 9.17) is 14.2 Å².